The number of imide groups is 1. The number of nitrogens with zero attached hydrogens (tertiary/aromatic N) is 2. The van der Waals surface area contributed by atoms with Gasteiger partial charge in [0, 0.05) is 29.7 Å². The molecular formula is C23H21BrN4O4. The molecule has 164 valence electrons. The van der Waals surface area contributed by atoms with Gasteiger partial charge in [0.2, 0.25) is 5.91 Å². The number of hydrogen-bond acceptors (Lipinski definition) is 5. The van der Waals surface area contributed by atoms with Crippen LogP contribution >= 0.6 is 15.9 Å². The highest BCUT2D eigenvalue weighted by Gasteiger charge is 2.35. The summed E-state index contributed by atoms with van der Waals surface area (Å²) < 4.78 is 6.42. The Kier molecular flexibility index (Phi) is 5.52. The highest BCUT2D eigenvalue weighted by Crippen LogP contribution is 2.29. The quantitative estimate of drug-likeness (QED) is 0.497. The van der Waals surface area contributed by atoms with Crippen molar-refractivity contribution < 1.29 is 19.1 Å². The second-order valence-electron chi connectivity index (χ2n) is 7.96. The summed E-state index contributed by atoms with van der Waals surface area (Å²) in [7, 11) is 0. The number of carbonyl (C=O) groups is 3. The predicted octanol–water partition coefficient (Wildman–Crippen LogP) is 4.19. The molecular weight excluding hydrogens is 476 g/mol. The van der Waals surface area contributed by atoms with E-state index in [9.17, 15) is 14.4 Å². The zero-order valence-corrected chi connectivity index (χ0v) is 18.8. The molecule has 0 bridgehead atoms. The first-order valence-electron chi connectivity index (χ1n) is 10.6. The van der Waals surface area contributed by atoms with Gasteiger partial charge in [0.15, 0.2) is 0 Å². The third-order valence-electron chi connectivity index (χ3n) is 5.74. The number of rotatable bonds is 6. The summed E-state index contributed by atoms with van der Waals surface area (Å²) in [6.45, 7) is 0.947. The number of nitrogens with one attached hydrogen (secondary N) is 2. The summed E-state index contributed by atoms with van der Waals surface area (Å²) in [6.07, 6.45) is 2.56. The van der Waals surface area contributed by atoms with E-state index in [4.69, 9.17) is 4.74 Å². The molecule has 0 saturated carbocycles. The van der Waals surface area contributed by atoms with Gasteiger partial charge in [-0.15, -0.1) is 0 Å². The third-order valence-corrected chi connectivity index (χ3v) is 6.23. The Hall–Kier alpha value is -3.04. The molecule has 2 aliphatic heterocycles. The Bertz CT molecular complexity index is 1230. The van der Waals surface area contributed by atoms with Gasteiger partial charge < -0.3 is 15.0 Å². The van der Waals surface area contributed by atoms with Crippen LogP contribution in [0.2, 0.25) is 0 Å². The Morgan fingerprint density at radius 3 is 2.84 bits per heavy atom. The van der Waals surface area contributed by atoms with Crippen molar-refractivity contribution in [1.29, 1.82) is 0 Å². The SMILES string of the molecule is O=C(CCCN1C(=O)c2ccc(Br)cc2C1=O)Nc1ccc2nc(C3CCCO3)[nH]c2c1. The average Bonchev–Trinajstić information content (AvgIpc) is 3.49. The van der Waals surface area contributed by atoms with E-state index in [1.807, 2.05) is 18.2 Å². The predicted molar refractivity (Wildman–Crippen MR) is 121 cm³/mol. The zero-order chi connectivity index (χ0) is 22.2. The van der Waals surface area contributed by atoms with Gasteiger partial charge in [-0.25, -0.2) is 4.98 Å². The minimum absolute atomic E-state index is 0.00343. The Morgan fingerprint density at radius 2 is 2.03 bits per heavy atom. The number of amides is 3. The van der Waals surface area contributed by atoms with E-state index in [-0.39, 0.29) is 36.8 Å². The lowest BCUT2D eigenvalue weighted by Crippen LogP contribution is -2.31. The van der Waals surface area contributed by atoms with Gasteiger partial charge in [-0.3, -0.25) is 19.3 Å². The van der Waals surface area contributed by atoms with Crippen LogP contribution in [0, 0.1) is 0 Å². The number of benzene rings is 2. The lowest BCUT2D eigenvalue weighted by atomic mass is 10.1. The van der Waals surface area contributed by atoms with Gasteiger partial charge in [0.1, 0.15) is 11.9 Å². The van der Waals surface area contributed by atoms with Crippen LogP contribution in [-0.4, -0.2) is 45.7 Å². The molecule has 8 nitrogen and oxygen atoms in total. The number of aromatic amines is 1. The minimum atomic E-state index is -0.321. The highest BCUT2D eigenvalue weighted by atomic mass is 79.9. The molecule has 3 amide bonds. The fourth-order valence-electron chi connectivity index (χ4n) is 4.14. The molecule has 0 aliphatic carbocycles. The molecule has 1 saturated heterocycles. The molecule has 3 heterocycles. The van der Waals surface area contributed by atoms with Gasteiger partial charge in [-0.2, -0.15) is 0 Å². The standard InChI is InChI=1S/C23H21BrN4O4/c24-13-5-7-15-16(11-13)23(31)28(22(15)30)9-1-4-20(29)25-14-6-8-17-18(12-14)27-21(26-17)19-3-2-10-32-19/h5-8,11-12,19H,1-4,9-10H2,(H,25,29)(H,26,27). The minimum Gasteiger partial charge on any atom is -0.370 e. The number of ether oxygens (including phenoxy) is 1. The van der Waals surface area contributed by atoms with Gasteiger partial charge in [-0.05, 0) is 55.7 Å². The first kappa shape index (κ1) is 20.8. The van der Waals surface area contributed by atoms with Crippen molar-refractivity contribution in [3.05, 3.63) is 57.8 Å². The van der Waals surface area contributed by atoms with Crippen molar-refractivity contribution in [1.82, 2.24) is 14.9 Å². The second kappa shape index (κ2) is 8.48. The maximum Gasteiger partial charge on any atom is 0.261 e. The van der Waals surface area contributed by atoms with E-state index >= 15 is 0 Å². The number of anilines is 1. The average molecular weight is 497 g/mol. The van der Waals surface area contributed by atoms with Crippen LogP contribution in [-0.2, 0) is 9.53 Å². The number of fused-ring (bicyclic) bond motifs is 2. The summed E-state index contributed by atoms with van der Waals surface area (Å²) >= 11 is 3.32. The summed E-state index contributed by atoms with van der Waals surface area (Å²) in [6, 6.07) is 10.5. The molecule has 32 heavy (non-hydrogen) atoms. The van der Waals surface area contributed by atoms with E-state index in [0.717, 1.165) is 40.8 Å². The molecule has 2 aromatic carbocycles. The van der Waals surface area contributed by atoms with Gasteiger partial charge in [-0.1, -0.05) is 15.9 Å². The molecule has 0 radical (unpaired) electrons. The van der Waals surface area contributed by atoms with Crippen molar-refractivity contribution in [2.75, 3.05) is 18.5 Å². The lowest BCUT2D eigenvalue weighted by molar-refractivity contribution is -0.116. The van der Waals surface area contributed by atoms with Gasteiger partial charge in [0.05, 0.1) is 22.2 Å². The summed E-state index contributed by atoms with van der Waals surface area (Å²) in [5, 5.41) is 2.87. The summed E-state index contributed by atoms with van der Waals surface area (Å²) in [4.78, 5) is 46.5. The number of aromatic nitrogens is 2. The van der Waals surface area contributed by atoms with E-state index in [2.05, 4.69) is 31.2 Å². The Balaban J connectivity index is 1.17. The maximum atomic E-state index is 12.5. The van der Waals surface area contributed by atoms with E-state index in [1.165, 1.54) is 4.90 Å². The van der Waals surface area contributed by atoms with Gasteiger partial charge >= 0.3 is 0 Å². The molecule has 2 N–H and O–H groups in total. The lowest BCUT2D eigenvalue weighted by Gasteiger charge is -2.13. The molecule has 5 rings (SSSR count). The van der Waals surface area contributed by atoms with E-state index in [0.29, 0.717) is 23.2 Å². The number of hydrogen-bond donors (Lipinski definition) is 2. The van der Waals surface area contributed by atoms with Crippen LogP contribution in [0.3, 0.4) is 0 Å². The van der Waals surface area contributed by atoms with Crippen LogP contribution in [0.1, 0.15) is 58.3 Å². The normalized spacial score (nSPS) is 17.9. The molecule has 1 unspecified atom stereocenters. The van der Waals surface area contributed by atoms with Crippen molar-refractivity contribution in [2.24, 2.45) is 0 Å². The molecule has 1 fully saturated rings. The molecule has 2 aliphatic rings. The largest absolute Gasteiger partial charge is 0.370 e. The summed E-state index contributed by atoms with van der Waals surface area (Å²) in [5.74, 6) is -0.000351. The Labute approximate surface area is 192 Å². The monoisotopic (exact) mass is 496 g/mol. The number of halogens is 1. The van der Waals surface area contributed by atoms with Crippen LogP contribution < -0.4 is 5.32 Å². The van der Waals surface area contributed by atoms with E-state index < -0.39 is 0 Å². The molecule has 3 aromatic rings. The molecule has 1 atom stereocenters. The van der Waals surface area contributed by atoms with Crippen LogP contribution in [0.5, 0.6) is 0 Å². The number of H-pyrrole nitrogens is 1. The van der Waals surface area contributed by atoms with Crippen LogP contribution in [0.4, 0.5) is 5.69 Å². The zero-order valence-electron chi connectivity index (χ0n) is 17.2. The first-order valence-corrected chi connectivity index (χ1v) is 11.4. The van der Waals surface area contributed by atoms with Crippen LogP contribution in [0.15, 0.2) is 40.9 Å². The summed E-state index contributed by atoms with van der Waals surface area (Å²) in [5.41, 5.74) is 3.12. The molecule has 1 aromatic heterocycles. The fraction of sp³-hybridized carbons (Fsp3) is 0.304. The van der Waals surface area contributed by atoms with Crippen molar-refractivity contribution in [2.45, 2.75) is 31.8 Å². The maximum absolute atomic E-state index is 12.5. The fourth-order valence-corrected chi connectivity index (χ4v) is 4.50. The van der Waals surface area contributed by atoms with Crippen molar-refractivity contribution >= 4 is 50.4 Å². The molecule has 0 spiro atoms. The Morgan fingerprint density at radius 1 is 1.19 bits per heavy atom. The molecule has 9 heteroatoms. The topological polar surface area (TPSA) is 104 Å². The second-order valence-corrected chi connectivity index (χ2v) is 8.87. The van der Waals surface area contributed by atoms with Crippen molar-refractivity contribution in [3.8, 4) is 0 Å². The van der Waals surface area contributed by atoms with Gasteiger partial charge in [0.25, 0.3) is 11.8 Å². The first-order chi connectivity index (χ1) is 15.5. The van der Waals surface area contributed by atoms with Crippen molar-refractivity contribution in [3.63, 3.8) is 0 Å². The van der Waals surface area contributed by atoms with Crippen LogP contribution in [0.25, 0.3) is 11.0 Å². The smallest absolute Gasteiger partial charge is 0.261 e. The number of carbonyl (C=O) groups excluding carboxylic acids is 3. The highest BCUT2D eigenvalue weighted by molar-refractivity contribution is 9.10. The van der Waals surface area contributed by atoms with E-state index in [1.54, 1.807) is 18.2 Å². The number of imidazole rings is 1. The third kappa shape index (κ3) is 3.93.